The van der Waals surface area contributed by atoms with E-state index in [1.807, 2.05) is 44.2 Å². The van der Waals surface area contributed by atoms with E-state index in [1.165, 1.54) is 0 Å². The summed E-state index contributed by atoms with van der Waals surface area (Å²) in [5.41, 5.74) is 0.929. The Morgan fingerprint density at radius 1 is 1.33 bits per heavy atom. The predicted octanol–water partition coefficient (Wildman–Crippen LogP) is 3.39. The van der Waals surface area contributed by atoms with Crippen molar-refractivity contribution in [2.75, 3.05) is 5.32 Å². The van der Waals surface area contributed by atoms with Gasteiger partial charge in [-0.3, -0.25) is 9.78 Å². The van der Waals surface area contributed by atoms with Gasteiger partial charge in [-0.1, -0.05) is 24.3 Å². The molecule has 0 bridgehead atoms. The standard InChI is InChI=1S/C15H16N2O/c1-4-15(2,3)14(18)17-12-9-5-7-11-8-6-10-16-13(11)12/h4-10H,1H2,2-3H3,(H,17,18). The van der Waals surface area contributed by atoms with Crippen LogP contribution in [0.5, 0.6) is 0 Å². The van der Waals surface area contributed by atoms with Gasteiger partial charge in [-0.25, -0.2) is 0 Å². The maximum Gasteiger partial charge on any atom is 0.233 e. The summed E-state index contributed by atoms with van der Waals surface area (Å²) in [4.78, 5) is 16.4. The van der Waals surface area contributed by atoms with E-state index in [1.54, 1.807) is 12.3 Å². The Bertz CT molecular complexity index is 597. The second-order valence-electron chi connectivity index (χ2n) is 4.76. The number of rotatable bonds is 3. The van der Waals surface area contributed by atoms with Gasteiger partial charge in [-0.15, -0.1) is 6.58 Å². The third kappa shape index (κ3) is 2.25. The molecule has 18 heavy (non-hydrogen) atoms. The Kier molecular flexibility index (Phi) is 3.15. The molecule has 1 amide bonds. The highest BCUT2D eigenvalue weighted by Gasteiger charge is 2.24. The number of amides is 1. The highest BCUT2D eigenvalue weighted by Crippen LogP contribution is 2.24. The molecule has 1 N–H and O–H groups in total. The first-order valence-electron chi connectivity index (χ1n) is 5.83. The molecule has 1 heterocycles. The number of aromatic nitrogens is 1. The Hall–Kier alpha value is -2.16. The molecule has 3 nitrogen and oxygen atoms in total. The van der Waals surface area contributed by atoms with Gasteiger partial charge >= 0.3 is 0 Å². The quantitative estimate of drug-likeness (QED) is 0.835. The number of carbonyl (C=O) groups is 1. The zero-order valence-corrected chi connectivity index (χ0v) is 10.6. The largest absolute Gasteiger partial charge is 0.323 e. The van der Waals surface area contributed by atoms with Crippen LogP contribution >= 0.6 is 0 Å². The topological polar surface area (TPSA) is 42.0 Å². The highest BCUT2D eigenvalue weighted by atomic mass is 16.2. The molecule has 3 heteroatoms. The van der Waals surface area contributed by atoms with Crippen molar-refractivity contribution in [2.24, 2.45) is 5.41 Å². The van der Waals surface area contributed by atoms with E-state index >= 15 is 0 Å². The number of hydrogen-bond acceptors (Lipinski definition) is 2. The molecule has 2 aromatic rings. The van der Waals surface area contributed by atoms with E-state index in [0.29, 0.717) is 0 Å². The fraction of sp³-hybridized carbons (Fsp3) is 0.200. The molecular formula is C15H16N2O. The van der Waals surface area contributed by atoms with Crippen molar-refractivity contribution in [2.45, 2.75) is 13.8 Å². The lowest BCUT2D eigenvalue weighted by atomic mass is 9.92. The molecule has 92 valence electrons. The number of fused-ring (bicyclic) bond motifs is 1. The first-order valence-corrected chi connectivity index (χ1v) is 5.83. The monoisotopic (exact) mass is 240 g/mol. The molecule has 0 atom stereocenters. The van der Waals surface area contributed by atoms with E-state index in [0.717, 1.165) is 16.6 Å². The summed E-state index contributed by atoms with van der Waals surface area (Å²) in [6.45, 7) is 7.34. The van der Waals surface area contributed by atoms with Gasteiger partial charge in [0.2, 0.25) is 5.91 Å². The number of pyridine rings is 1. The zero-order valence-electron chi connectivity index (χ0n) is 10.6. The van der Waals surface area contributed by atoms with E-state index in [4.69, 9.17) is 0 Å². The second-order valence-corrected chi connectivity index (χ2v) is 4.76. The maximum absolute atomic E-state index is 12.1. The fourth-order valence-corrected chi connectivity index (χ4v) is 1.58. The summed E-state index contributed by atoms with van der Waals surface area (Å²) in [6, 6.07) is 9.57. The van der Waals surface area contributed by atoms with Gasteiger partial charge in [0.1, 0.15) is 0 Å². The maximum atomic E-state index is 12.1. The van der Waals surface area contributed by atoms with Crippen molar-refractivity contribution in [3.63, 3.8) is 0 Å². The molecule has 0 aliphatic heterocycles. The molecule has 1 aromatic carbocycles. The van der Waals surface area contributed by atoms with Gasteiger partial charge in [0.25, 0.3) is 0 Å². The normalized spacial score (nSPS) is 11.2. The minimum atomic E-state index is -0.600. The Morgan fingerprint density at radius 3 is 2.78 bits per heavy atom. The molecule has 0 saturated carbocycles. The third-order valence-corrected chi connectivity index (χ3v) is 2.98. The van der Waals surface area contributed by atoms with Crippen molar-refractivity contribution in [3.8, 4) is 0 Å². The van der Waals surface area contributed by atoms with Gasteiger partial charge in [0, 0.05) is 11.6 Å². The van der Waals surface area contributed by atoms with Crippen LogP contribution in [0.15, 0.2) is 49.2 Å². The SMILES string of the molecule is C=CC(C)(C)C(=O)Nc1cccc2cccnc12. The van der Waals surface area contributed by atoms with Crippen LogP contribution in [0.3, 0.4) is 0 Å². The van der Waals surface area contributed by atoms with Crippen molar-refractivity contribution in [3.05, 3.63) is 49.2 Å². The van der Waals surface area contributed by atoms with Crippen LogP contribution in [0, 0.1) is 5.41 Å². The van der Waals surface area contributed by atoms with Crippen LogP contribution in [0.2, 0.25) is 0 Å². The minimum absolute atomic E-state index is 0.0874. The van der Waals surface area contributed by atoms with Gasteiger partial charge in [-0.2, -0.15) is 0 Å². The molecule has 0 spiro atoms. The lowest BCUT2D eigenvalue weighted by molar-refractivity contribution is -0.121. The molecule has 2 rings (SSSR count). The van der Waals surface area contributed by atoms with Crippen LogP contribution in [0.4, 0.5) is 5.69 Å². The Labute approximate surface area is 107 Å². The zero-order chi connectivity index (χ0) is 13.2. The van der Waals surface area contributed by atoms with E-state index in [9.17, 15) is 4.79 Å². The lowest BCUT2D eigenvalue weighted by Crippen LogP contribution is -2.28. The Balaban J connectivity index is 2.38. The van der Waals surface area contributed by atoms with Crippen molar-refractivity contribution in [1.82, 2.24) is 4.98 Å². The van der Waals surface area contributed by atoms with Crippen LogP contribution in [0.25, 0.3) is 10.9 Å². The fourth-order valence-electron chi connectivity index (χ4n) is 1.58. The summed E-state index contributed by atoms with van der Waals surface area (Å²) in [6.07, 6.45) is 3.36. The number of nitrogens with one attached hydrogen (secondary N) is 1. The van der Waals surface area contributed by atoms with E-state index < -0.39 is 5.41 Å². The molecular weight excluding hydrogens is 224 g/mol. The van der Waals surface area contributed by atoms with Gasteiger partial charge in [-0.05, 0) is 26.0 Å². The predicted molar refractivity (Wildman–Crippen MR) is 74.4 cm³/mol. The summed E-state index contributed by atoms with van der Waals surface area (Å²) in [5, 5.41) is 3.91. The van der Waals surface area contributed by atoms with E-state index in [-0.39, 0.29) is 5.91 Å². The van der Waals surface area contributed by atoms with Crippen molar-refractivity contribution in [1.29, 1.82) is 0 Å². The third-order valence-electron chi connectivity index (χ3n) is 2.98. The number of anilines is 1. The van der Waals surface area contributed by atoms with E-state index in [2.05, 4.69) is 16.9 Å². The minimum Gasteiger partial charge on any atom is -0.323 e. The molecule has 1 aromatic heterocycles. The first-order chi connectivity index (χ1) is 8.54. The number of hydrogen-bond donors (Lipinski definition) is 1. The number of nitrogens with zero attached hydrogens (tertiary/aromatic N) is 1. The van der Waals surface area contributed by atoms with Crippen LogP contribution in [-0.2, 0) is 4.79 Å². The molecule has 0 fully saturated rings. The second kappa shape index (κ2) is 4.61. The van der Waals surface area contributed by atoms with Gasteiger partial charge in [0.05, 0.1) is 16.6 Å². The van der Waals surface area contributed by atoms with Gasteiger partial charge < -0.3 is 5.32 Å². The van der Waals surface area contributed by atoms with Crippen LogP contribution in [-0.4, -0.2) is 10.9 Å². The lowest BCUT2D eigenvalue weighted by Gasteiger charge is -2.19. The number of carbonyl (C=O) groups excluding carboxylic acids is 1. The average molecular weight is 240 g/mol. The van der Waals surface area contributed by atoms with Crippen LogP contribution < -0.4 is 5.32 Å². The molecule has 0 unspecified atom stereocenters. The summed E-state index contributed by atoms with van der Waals surface area (Å²) >= 11 is 0. The summed E-state index contributed by atoms with van der Waals surface area (Å²) in [5.74, 6) is -0.0874. The van der Waals surface area contributed by atoms with Crippen molar-refractivity contribution < 1.29 is 4.79 Å². The summed E-state index contributed by atoms with van der Waals surface area (Å²) < 4.78 is 0. The Morgan fingerprint density at radius 2 is 2.06 bits per heavy atom. The molecule has 0 aliphatic carbocycles. The summed E-state index contributed by atoms with van der Waals surface area (Å²) in [7, 11) is 0. The molecule has 0 radical (unpaired) electrons. The van der Waals surface area contributed by atoms with Crippen molar-refractivity contribution >= 4 is 22.5 Å². The molecule has 0 aliphatic rings. The average Bonchev–Trinajstić information content (AvgIpc) is 2.39. The number of benzene rings is 1. The van der Waals surface area contributed by atoms with Crippen LogP contribution in [0.1, 0.15) is 13.8 Å². The van der Waals surface area contributed by atoms with Gasteiger partial charge in [0.15, 0.2) is 0 Å². The highest BCUT2D eigenvalue weighted by molar-refractivity contribution is 6.02. The molecule has 0 saturated heterocycles. The first kappa shape index (κ1) is 12.3. The smallest absolute Gasteiger partial charge is 0.233 e. The number of para-hydroxylation sites is 1.